The Balaban J connectivity index is 0.000000242. The summed E-state index contributed by atoms with van der Waals surface area (Å²) in [4.78, 5) is 2.85. The summed E-state index contributed by atoms with van der Waals surface area (Å²) >= 11 is 0. The number of nitrogens with one attached hydrogen (secondary N) is 1. The fourth-order valence-electron chi connectivity index (χ4n) is 6.35. The number of nitrogens with zero attached hydrogens (tertiary/aromatic N) is 1. The van der Waals surface area contributed by atoms with E-state index in [1.54, 1.807) is 0 Å². The Morgan fingerprint density at radius 1 is 1.05 bits per heavy atom. The Hall–Kier alpha value is -2.34. The Bertz CT molecular complexity index is 1000. The minimum absolute atomic E-state index is 0.115. The molecule has 39 heavy (non-hydrogen) atoms. The molecule has 0 amide bonds. The summed E-state index contributed by atoms with van der Waals surface area (Å²) in [5.74, 6) is 2.77. The molecule has 1 aliphatic carbocycles. The highest BCUT2D eigenvalue weighted by molar-refractivity contribution is 5.26. The van der Waals surface area contributed by atoms with Crippen molar-refractivity contribution in [1.82, 2.24) is 10.2 Å². The normalized spacial score (nSPS) is 23.8. The van der Waals surface area contributed by atoms with Crippen LogP contribution in [-0.4, -0.2) is 24.0 Å². The van der Waals surface area contributed by atoms with E-state index in [1.165, 1.54) is 69.8 Å². The summed E-state index contributed by atoms with van der Waals surface area (Å²) in [5, 5.41) is 2.60. The molecule has 1 N–H and O–H groups in total. The van der Waals surface area contributed by atoms with Gasteiger partial charge in [-0.1, -0.05) is 57.7 Å². The van der Waals surface area contributed by atoms with E-state index >= 15 is 0 Å². The molecule has 0 radical (unpaired) electrons. The first-order valence-electron chi connectivity index (χ1n) is 14.5. The standard InChI is InChI=1S/C23H37N.C10H9F4N/c1-18(2)15-21-10-12-23(16-21)24-14-13-22(19(3)17-24)11-9-20-7-5-4-6-8-20;1-2-15-6-7-3-8(10(12,13)14)5-9(11)4-7/h4-8,18-19,21-23H,9-17H2,1-3H3;2-5,15H,1,6H2. The molecule has 4 atom stereocenters. The van der Waals surface area contributed by atoms with Gasteiger partial charge in [0.05, 0.1) is 5.56 Å². The highest BCUT2D eigenvalue weighted by Gasteiger charge is 2.34. The van der Waals surface area contributed by atoms with Crippen LogP contribution < -0.4 is 5.32 Å². The molecule has 2 aromatic carbocycles. The molecule has 1 saturated carbocycles. The molecule has 2 fully saturated rings. The van der Waals surface area contributed by atoms with Gasteiger partial charge in [0.25, 0.3) is 0 Å². The van der Waals surface area contributed by atoms with Gasteiger partial charge in [-0.25, -0.2) is 4.39 Å². The van der Waals surface area contributed by atoms with E-state index in [1.807, 2.05) is 0 Å². The largest absolute Gasteiger partial charge is 0.416 e. The number of hydrogen-bond acceptors (Lipinski definition) is 2. The predicted molar refractivity (Wildman–Crippen MR) is 153 cm³/mol. The summed E-state index contributed by atoms with van der Waals surface area (Å²) in [7, 11) is 0. The maximum absolute atomic E-state index is 12.8. The lowest BCUT2D eigenvalue weighted by Crippen LogP contribution is -2.44. The van der Waals surface area contributed by atoms with Crippen LogP contribution in [0.4, 0.5) is 17.6 Å². The average Bonchev–Trinajstić information content (AvgIpc) is 3.35. The van der Waals surface area contributed by atoms with Crippen molar-refractivity contribution >= 4 is 0 Å². The Morgan fingerprint density at radius 2 is 1.79 bits per heavy atom. The van der Waals surface area contributed by atoms with Crippen LogP contribution in [0.5, 0.6) is 0 Å². The average molecular weight is 547 g/mol. The van der Waals surface area contributed by atoms with Gasteiger partial charge >= 0.3 is 6.18 Å². The summed E-state index contributed by atoms with van der Waals surface area (Å²) in [5.41, 5.74) is 0.755. The van der Waals surface area contributed by atoms with E-state index in [9.17, 15) is 17.6 Å². The third kappa shape index (κ3) is 10.3. The fourth-order valence-corrected chi connectivity index (χ4v) is 6.35. The highest BCUT2D eigenvalue weighted by Crippen LogP contribution is 2.37. The van der Waals surface area contributed by atoms with Gasteiger partial charge < -0.3 is 10.2 Å². The number of alkyl halides is 3. The lowest BCUT2D eigenvalue weighted by molar-refractivity contribution is -0.137. The highest BCUT2D eigenvalue weighted by atomic mass is 19.4. The number of halogens is 4. The van der Waals surface area contributed by atoms with Gasteiger partial charge in [-0.3, -0.25) is 0 Å². The number of likely N-dealkylation sites (tertiary alicyclic amines) is 1. The topological polar surface area (TPSA) is 15.3 Å². The van der Waals surface area contributed by atoms with Crippen molar-refractivity contribution in [2.24, 2.45) is 23.7 Å². The Morgan fingerprint density at radius 3 is 2.44 bits per heavy atom. The first-order valence-corrected chi connectivity index (χ1v) is 14.5. The number of hydrogen-bond donors (Lipinski definition) is 1. The smallest absolute Gasteiger partial charge is 0.387 e. The SMILES string of the molecule is C=CNCc1cc(F)cc(C(F)(F)F)c1.CC(C)CC1CCC(N2CCC(CCc3ccccc3)C(C)C2)C1. The molecule has 6 heteroatoms. The summed E-state index contributed by atoms with van der Waals surface area (Å²) < 4.78 is 49.6. The zero-order valence-electron chi connectivity index (χ0n) is 23.8. The van der Waals surface area contributed by atoms with Gasteiger partial charge in [0, 0.05) is 19.1 Å². The van der Waals surface area contributed by atoms with Gasteiger partial charge in [0.15, 0.2) is 0 Å². The van der Waals surface area contributed by atoms with E-state index in [4.69, 9.17) is 0 Å². The molecule has 4 unspecified atom stereocenters. The molecular formula is C33H46F4N2. The van der Waals surface area contributed by atoms with Gasteiger partial charge in [-0.2, -0.15) is 13.2 Å². The molecule has 1 heterocycles. The van der Waals surface area contributed by atoms with Crippen molar-refractivity contribution in [3.05, 3.63) is 83.8 Å². The van der Waals surface area contributed by atoms with Crippen molar-refractivity contribution in [3.63, 3.8) is 0 Å². The summed E-state index contributed by atoms with van der Waals surface area (Å²) in [6.45, 7) is 13.4. The van der Waals surface area contributed by atoms with Crippen LogP contribution in [0.25, 0.3) is 0 Å². The van der Waals surface area contributed by atoms with Crippen LogP contribution in [0, 0.1) is 29.5 Å². The summed E-state index contributed by atoms with van der Waals surface area (Å²) in [6, 6.07) is 14.4. The molecule has 1 saturated heterocycles. The maximum Gasteiger partial charge on any atom is 0.416 e. The van der Waals surface area contributed by atoms with Crippen LogP contribution >= 0.6 is 0 Å². The lowest BCUT2D eigenvalue weighted by atomic mass is 9.82. The minimum Gasteiger partial charge on any atom is -0.387 e. The van der Waals surface area contributed by atoms with Crippen LogP contribution in [0.1, 0.15) is 76.0 Å². The van der Waals surface area contributed by atoms with Crippen LogP contribution in [0.3, 0.4) is 0 Å². The Kier molecular flexibility index (Phi) is 11.9. The van der Waals surface area contributed by atoms with Crippen LogP contribution in [0.2, 0.25) is 0 Å². The second-order valence-corrected chi connectivity index (χ2v) is 11.9. The zero-order valence-corrected chi connectivity index (χ0v) is 23.8. The number of piperidine rings is 1. The first kappa shape index (κ1) is 31.2. The second kappa shape index (κ2) is 14.9. The van der Waals surface area contributed by atoms with Crippen molar-refractivity contribution in [2.75, 3.05) is 13.1 Å². The van der Waals surface area contributed by atoms with E-state index in [0.29, 0.717) is 6.07 Å². The van der Waals surface area contributed by atoms with E-state index < -0.39 is 17.6 Å². The van der Waals surface area contributed by atoms with Gasteiger partial charge in [0.1, 0.15) is 5.82 Å². The fraction of sp³-hybridized carbons (Fsp3) is 0.576. The van der Waals surface area contributed by atoms with Crippen LogP contribution in [0.15, 0.2) is 61.3 Å². The van der Waals surface area contributed by atoms with Crippen molar-refractivity contribution in [3.8, 4) is 0 Å². The predicted octanol–water partition coefficient (Wildman–Crippen LogP) is 8.87. The van der Waals surface area contributed by atoms with Crippen LogP contribution in [-0.2, 0) is 19.1 Å². The second-order valence-electron chi connectivity index (χ2n) is 11.9. The molecule has 216 valence electrons. The van der Waals surface area contributed by atoms with Crippen molar-refractivity contribution < 1.29 is 17.6 Å². The minimum atomic E-state index is -4.52. The lowest BCUT2D eigenvalue weighted by Gasteiger charge is -2.40. The molecular weight excluding hydrogens is 500 g/mol. The number of aryl methyl sites for hydroxylation is 1. The molecule has 4 rings (SSSR count). The quantitative estimate of drug-likeness (QED) is 0.316. The molecule has 1 aliphatic heterocycles. The third-order valence-corrected chi connectivity index (χ3v) is 8.33. The van der Waals surface area contributed by atoms with Crippen molar-refractivity contribution in [2.45, 2.75) is 84.5 Å². The van der Waals surface area contributed by atoms with Gasteiger partial charge in [-0.05, 0) is 111 Å². The molecule has 2 aliphatic rings. The zero-order chi connectivity index (χ0) is 28.4. The van der Waals surface area contributed by atoms with E-state index in [2.05, 4.69) is 67.9 Å². The first-order chi connectivity index (χ1) is 18.5. The van der Waals surface area contributed by atoms with E-state index in [0.717, 1.165) is 41.8 Å². The summed E-state index contributed by atoms with van der Waals surface area (Å²) in [6.07, 6.45) is 6.71. The molecule has 2 nitrogen and oxygen atoms in total. The number of rotatable bonds is 9. The van der Waals surface area contributed by atoms with Gasteiger partial charge in [0.2, 0.25) is 0 Å². The van der Waals surface area contributed by atoms with Crippen molar-refractivity contribution in [1.29, 1.82) is 0 Å². The molecule has 2 aromatic rings. The van der Waals surface area contributed by atoms with Gasteiger partial charge in [-0.15, -0.1) is 0 Å². The Labute approximate surface area is 232 Å². The van der Waals surface area contributed by atoms with E-state index in [-0.39, 0.29) is 12.1 Å². The monoisotopic (exact) mass is 546 g/mol. The molecule has 0 aromatic heterocycles. The number of benzene rings is 2. The third-order valence-electron chi connectivity index (χ3n) is 8.33. The molecule has 0 bridgehead atoms. The maximum atomic E-state index is 12.8. The molecule has 0 spiro atoms.